The summed E-state index contributed by atoms with van der Waals surface area (Å²) in [5.74, 6) is -0.851. The molecule has 0 radical (unpaired) electrons. The smallest absolute Gasteiger partial charge is 0.307 e. The van der Waals surface area contributed by atoms with Crippen LogP contribution >= 0.6 is 0 Å². The van der Waals surface area contributed by atoms with Crippen LogP contribution < -0.4 is 0 Å². The van der Waals surface area contributed by atoms with E-state index < -0.39 is 5.97 Å². The fourth-order valence-corrected chi connectivity index (χ4v) is 1.57. The van der Waals surface area contributed by atoms with Crippen LogP contribution in [0.4, 0.5) is 0 Å². The molecule has 15 heavy (non-hydrogen) atoms. The van der Waals surface area contributed by atoms with Crippen molar-refractivity contribution in [3.63, 3.8) is 0 Å². The van der Waals surface area contributed by atoms with Gasteiger partial charge in [-0.15, -0.1) is 0 Å². The van der Waals surface area contributed by atoms with Crippen molar-refractivity contribution in [3.8, 4) is 0 Å². The third-order valence-corrected chi connectivity index (χ3v) is 2.30. The average molecular weight is 202 g/mol. The van der Waals surface area contributed by atoms with E-state index in [0.717, 1.165) is 16.5 Å². The van der Waals surface area contributed by atoms with Crippen molar-refractivity contribution in [3.05, 3.63) is 35.5 Å². The molecule has 1 aromatic heterocycles. The van der Waals surface area contributed by atoms with Gasteiger partial charge in [0.05, 0.1) is 17.6 Å². The van der Waals surface area contributed by atoms with E-state index in [1.807, 2.05) is 24.3 Å². The first kappa shape index (κ1) is 9.58. The van der Waals surface area contributed by atoms with Crippen LogP contribution in [0, 0.1) is 6.92 Å². The van der Waals surface area contributed by atoms with Gasteiger partial charge in [-0.1, -0.05) is 18.2 Å². The molecule has 1 N–H and O–H groups in total. The van der Waals surface area contributed by atoms with Gasteiger partial charge in [-0.2, -0.15) is 10.2 Å². The highest BCUT2D eigenvalue weighted by molar-refractivity contribution is 5.86. The normalized spacial score (nSPS) is 10.5. The number of carboxylic acids is 1. The summed E-state index contributed by atoms with van der Waals surface area (Å²) in [5.41, 5.74) is 2.16. The first-order valence-electron chi connectivity index (χ1n) is 4.61. The van der Waals surface area contributed by atoms with Crippen LogP contribution in [0.5, 0.6) is 0 Å². The first-order valence-corrected chi connectivity index (χ1v) is 4.61. The maximum atomic E-state index is 10.7. The minimum atomic E-state index is -0.851. The summed E-state index contributed by atoms with van der Waals surface area (Å²) in [4.78, 5) is 10.7. The molecule has 0 bridgehead atoms. The van der Waals surface area contributed by atoms with E-state index in [1.165, 1.54) is 0 Å². The van der Waals surface area contributed by atoms with Crippen LogP contribution in [0.3, 0.4) is 0 Å². The van der Waals surface area contributed by atoms with E-state index in [0.29, 0.717) is 5.69 Å². The van der Waals surface area contributed by atoms with Crippen molar-refractivity contribution in [1.82, 2.24) is 10.2 Å². The van der Waals surface area contributed by atoms with Crippen molar-refractivity contribution in [2.75, 3.05) is 0 Å². The zero-order valence-corrected chi connectivity index (χ0v) is 8.27. The summed E-state index contributed by atoms with van der Waals surface area (Å²) in [6.45, 7) is 1.78. The van der Waals surface area contributed by atoms with Gasteiger partial charge in [0.15, 0.2) is 0 Å². The Morgan fingerprint density at radius 1 is 1.33 bits per heavy atom. The van der Waals surface area contributed by atoms with Gasteiger partial charge in [0.2, 0.25) is 0 Å². The number of carboxylic acid groups (broad SMARTS) is 1. The molecule has 0 aliphatic rings. The second-order valence-corrected chi connectivity index (χ2v) is 3.35. The van der Waals surface area contributed by atoms with Crippen LogP contribution in [-0.4, -0.2) is 21.3 Å². The van der Waals surface area contributed by atoms with Gasteiger partial charge in [-0.25, -0.2) is 0 Å². The first-order chi connectivity index (χ1) is 7.18. The van der Waals surface area contributed by atoms with E-state index in [2.05, 4.69) is 10.2 Å². The predicted octanol–water partition coefficient (Wildman–Crippen LogP) is 1.57. The van der Waals surface area contributed by atoms with Gasteiger partial charge >= 0.3 is 5.97 Å². The minimum absolute atomic E-state index is 0.0120. The molecule has 0 unspecified atom stereocenters. The Kier molecular flexibility index (Phi) is 2.33. The summed E-state index contributed by atoms with van der Waals surface area (Å²) in [6, 6.07) is 7.42. The molecule has 0 spiro atoms. The molecule has 1 aromatic carbocycles. The highest BCUT2D eigenvalue weighted by Crippen LogP contribution is 2.18. The Balaban J connectivity index is 2.68. The Morgan fingerprint density at radius 3 is 2.80 bits per heavy atom. The van der Waals surface area contributed by atoms with Gasteiger partial charge in [0, 0.05) is 5.39 Å². The number of aryl methyl sites for hydroxylation is 1. The van der Waals surface area contributed by atoms with Crippen molar-refractivity contribution in [2.24, 2.45) is 0 Å². The van der Waals surface area contributed by atoms with E-state index in [-0.39, 0.29) is 6.42 Å². The summed E-state index contributed by atoms with van der Waals surface area (Å²) in [6.07, 6.45) is -0.0120. The Labute approximate surface area is 86.6 Å². The molecular weight excluding hydrogens is 192 g/mol. The van der Waals surface area contributed by atoms with Gasteiger partial charge in [0.25, 0.3) is 0 Å². The molecule has 0 aliphatic carbocycles. The predicted molar refractivity (Wildman–Crippen MR) is 55.6 cm³/mol. The number of hydrogen-bond donors (Lipinski definition) is 1. The maximum Gasteiger partial charge on any atom is 0.307 e. The summed E-state index contributed by atoms with van der Waals surface area (Å²) >= 11 is 0. The largest absolute Gasteiger partial charge is 0.481 e. The van der Waals surface area contributed by atoms with Gasteiger partial charge in [0.1, 0.15) is 0 Å². The van der Waals surface area contributed by atoms with Crippen molar-refractivity contribution >= 4 is 16.9 Å². The zero-order chi connectivity index (χ0) is 10.8. The van der Waals surface area contributed by atoms with Crippen molar-refractivity contribution < 1.29 is 9.90 Å². The van der Waals surface area contributed by atoms with Gasteiger partial charge < -0.3 is 5.11 Å². The number of rotatable bonds is 2. The number of nitrogens with zero attached hydrogens (tertiary/aromatic N) is 2. The van der Waals surface area contributed by atoms with E-state index in [9.17, 15) is 4.79 Å². The molecule has 76 valence electrons. The van der Waals surface area contributed by atoms with Crippen LogP contribution in [0.25, 0.3) is 10.9 Å². The molecule has 0 aliphatic heterocycles. The number of benzene rings is 1. The van der Waals surface area contributed by atoms with Gasteiger partial charge in [-0.05, 0) is 18.6 Å². The zero-order valence-electron chi connectivity index (χ0n) is 8.27. The van der Waals surface area contributed by atoms with Crippen LogP contribution in [0.1, 0.15) is 11.3 Å². The number of aromatic nitrogens is 2. The van der Waals surface area contributed by atoms with Crippen LogP contribution in [0.2, 0.25) is 0 Å². The number of carbonyl (C=O) groups is 1. The third kappa shape index (κ3) is 1.79. The topological polar surface area (TPSA) is 63.1 Å². The molecule has 0 fully saturated rings. The third-order valence-electron chi connectivity index (χ3n) is 2.30. The second kappa shape index (κ2) is 3.65. The summed E-state index contributed by atoms with van der Waals surface area (Å²) < 4.78 is 0. The average Bonchev–Trinajstić information content (AvgIpc) is 2.22. The van der Waals surface area contributed by atoms with Crippen molar-refractivity contribution in [2.45, 2.75) is 13.3 Å². The van der Waals surface area contributed by atoms with Crippen molar-refractivity contribution in [1.29, 1.82) is 0 Å². The summed E-state index contributed by atoms with van der Waals surface area (Å²) in [7, 11) is 0. The lowest BCUT2D eigenvalue weighted by molar-refractivity contribution is -0.136. The molecule has 4 nitrogen and oxygen atoms in total. The Morgan fingerprint density at radius 2 is 2.07 bits per heavy atom. The molecule has 0 amide bonds. The minimum Gasteiger partial charge on any atom is -0.481 e. The molecule has 1 heterocycles. The van der Waals surface area contributed by atoms with Crippen LogP contribution in [0.15, 0.2) is 24.3 Å². The molecular formula is C11H10N2O2. The van der Waals surface area contributed by atoms with E-state index in [1.54, 1.807) is 6.92 Å². The lowest BCUT2D eigenvalue weighted by atomic mass is 10.1. The standard InChI is InChI=1S/C11H10N2O2/c1-7-9(6-11(14)15)8-4-2-3-5-10(8)13-12-7/h2-5H,6H2,1H3,(H,14,15). The molecule has 0 saturated heterocycles. The Bertz CT molecular complexity index is 523. The lowest BCUT2D eigenvalue weighted by Gasteiger charge is -2.05. The quantitative estimate of drug-likeness (QED) is 0.802. The molecule has 4 heteroatoms. The Hall–Kier alpha value is -1.97. The SMILES string of the molecule is Cc1nnc2ccccc2c1CC(=O)O. The van der Waals surface area contributed by atoms with Crippen LogP contribution in [-0.2, 0) is 11.2 Å². The lowest BCUT2D eigenvalue weighted by Crippen LogP contribution is -2.05. The highest BCUT2D eigenvalue weighted by atomic mass is 16.4. The van der Waals surface area contributed by atoms with E-state index in [4.69, 9.17) is 5.11 Å². The summed E-state index contributed by atoms with van der Waals surface area (Å²) in [5, 5.41) is 17.6. The van der Waals surface area contributed by atoms with E-state index >= 15 is 0 Å². The highest BCUT2D eigenvalue weighted by Gasteiger charge is 2.10. The molecule has 0 atom stereocenters. The number of aliphatic carboxylic acids is 1. The fourth-order valence-electron chi connectivity index (χ4n) is 1.57. The second-order valence-electron chi connectivity index (χ2n) is 3.35. The number of hydrogen-bond acceptors (Lipinski definition) is 3. The molecule has 0 saturated carbocycles. The molecule has 2 aromatic rings. The maximum absolute atomic E-state index is 10.7. The van der Waals surface area contributed by atoms with Gasteiger partial charge in [-0.3, -0.25) is 4.79 Å². The fraction of sp³-hybridized carbons (Fsp3) is 0.182. The molecule has 2 rings (SSSR count). The number of fused-ring (bicyclic) bond motifs is 1. The monoisotopic (exact) mass is 202 g/mol.